The second-order valence-electron chi connectivity index (χ2n) is 11.7. The fraction of sp³-hybridized carbons (Fsp3) is 0.111. The van der Waals surface area contributed by atoms with Crippen molar-refractivity contribution >= 4 is 80.5 Å². The van der Waals surface area contributed by atoms with E-state index < -0.39 is 32.7 Å². The number of nitrogens with one attached hydrogen (secondary N) is 2. The highest BCUT2D eigenvalue weighted by molar-refractivity contribution is 6.38. The Hall–Kier alpha value is -5.98. The van der Waals surface area contributed by atoms with Crippen LogP contribution < -0.4 is 20.4 Å². The molecular weight excluding hydrogens is 683 g/mol. The molecule has 0 radical (unpaired) electrons. The standard InChI is InChI=1S/C36H26Cl2N6O6/c37-31-33(21-1-13-29(14-2-21)43(47)48)41(35(31)45)27-17-9-25(10-18-27)39-23-5-7-24(8-6-23)40-26-11-19-28(20-12-26)42-34(32(38)36(42)46)22-3-15-30(16-4-22)44(49)50/h1-20,31-34,39-40H. The molecule has 2 N–H and O–H groups in total. The van der Waals surface area contributed by atoms with Crippen molar-refractivity contribution in [3.05, 3.63) is 153 Å². The molecule has 2 aliphatic rings. The largest absolute Gasteiger partial charge is 0.356 e. The minimum absolute atomic E-state index is 0.0326. The number of nitro benzene ring substituents is 2. The van der Waals surface area contributed by atoms with Crippen molar-refractivity contribution in [1.29, 1.82) is 0 Å². The Bertz CT molecular complexity index is 1940. The third-order valence-corrected chi connectivity index (χ3v) is 9.55. The Morgan fingerprint density at radius 2 is 0.760 bits per heavy atom. The van der Waals surface area contributed by atoms with Gasteiger partial charge in [0.05, 0.1) is 21.9 Å². The van der Waals surface area contributed by atoms with E-state index >= 15 is 0 Å². The fourth-order valence-electron chi connectivity index (χ4n) is 6.09. The molecule has 0 bridgehead atoms. The van der Waals surface area contributed by atoms with Crippen LogP contribution in [0.1, 0.15) is 23.2 Å². The minimum Gasteiger partial charge on any atom is -0.356 e. The molecule has 2 saturated heterocycles. The third kappa shape index (κ3) is 6.06. The summed E-state index contributed by atoms with van der Waals surface area (Å²) in [6.45, 7) is 0. The van der Waals surface area contributed by atoms with Crippen LogP contribution in [0.15, 0.2) is 121 Å². The molecule has 5 aromatic rings. The Morgan fingerprint density at radius 1 is 0.480 bits per heavy atom. The van der Waals surface area contributed by atoms with Gasteiger partial charge in [0.1, 0.15) is 10.8 Å². The minimum atomic E-state index is -0.760. The van der Waals surface area contributed by atoms with E-state index in [9.17, 15) is 29.8 Å². The van der Waals surface area contributed by atoms with Gasteiger partial charge in [0, 0.05) is 58.4 Å². The number of rotatable bonds is 10. The topological polar surface area (TPSA) is 151 Å². The average molecular weight is 710 g/mol. The molecule has 2 amide bonds. The first-order valence-electron chi connectivity index (χ1n) is 15.4. The monoisotopic (exact) mass is 708 g/mol. The molecule has 2 fully saturated rings. The van der Waals surface area contributed by atoms with Crippen molar-refractivity contribution in [3.63, 3.8) is 0 Å². The van der Waals surface area contributed by atoms with Gasteiger partial charge in [-0.15, -0.1) is 23.2 Å². The number of nitro groups is 2. The highest BCUT2D eigenvalue weighted by atomic mass is 35.5. The summed E-state index contributed by atoms with van der Waals surface area (Å²) < 4.78 is 0. The number of non-ortho nitro benzene ring substituents is 2. The molecule has 250 valence electrons. The lowest BCUT2D eigenvalue weighted by Gasteiger charge is -2.44. The van der Waals surface area contributed by atoms with Gasteiger partial charge in [0.25, 0.3) is 11.4 Å². The zero-order chi connectivity index (χ0) is 35.1. The van der Waals surface area contributed by atoms with Crippen LogP contribution in [-0.2, 0) is 9.59 Å². The van der Waals surface area contributed by atoms with Crippen LogP contribution >= 0.6 is 23.2 Å². The van der Waals surface area contributed by atoms with E-state index in [4.69, 9.17) is 23.2 Å². The molecule has 7 rings (SSSR count). The summed E-state index contributed by atoms with van der Waals surface area (Å²) in [5.41, 5.74) is 5.98. The number of benzene rings is 5. The van der Waals surface area contributed by atoms with Crippen molar-refractivity contribution in [3.8, 4) is 0 Å². The van der Waals surface area contributed by atoms with Gasteiger partial charge in [0.2, 0.25) is 11.8 Å². The summed E-state index contributed by atoms with van der Waals surface area (Å²) in [6.07, 6.45) is 0. The number of anilines is 6. The molecule has 5 aromatic carbocycles. The highest BCUT2D eigenvalue weighted by Gasteiger charge is 2.49. The summed E-state index contributed by atoms with van der Waals surface area (Å²) in [5.74, 6) is -0.476. The van der Waals surface area contributed by atoms with E-state index in [1.165, 1.54) is 24.3 Å². The molecule has 2 aliphatic heterocycles. The summed E-state index contributed by atoms with van der Waals surface area (Å²) in [5, 5.41) is 27.2. The van der Waals surface area contributed by atoms with Crippen molar-refractivity contribution in [2.24, 2.45) is 0 Å². The van der Waals surface area contributed by atoms with Gasteiger partial charge in [-0.05, 0) is 83.9 Å². The molecule has 0 spiro atoms. The Balaban J connectivity index is 0.967. The van der Waals surface area contributed by atoms with E-state index in [1.807, 2.05) is 72.8 Å². The van der Waals surface area contributed by atoms with Crippen LogP contribution in [0.5, 0.6) is 0 Å². The smallest absolute Gasteiger partial charge is 0.269 e. The average Bonchev–Trinajstić information content (AvgIpc) is 3.14. The predicted molar refractivity (Wildman–Crippen MR) is 192 cm³/mol. The van der Waals surface area contributed by atoms with Gasteiger partial charge < -0.3 is 20.4 Å². The van der Waals surface area contributed by atoms with Gasteiger partial charge >= 0.3 is 0 Å². The van der Waals surface area contributed by atoms with Crippen LogP contribution in [0, 0.1) is 20.2 Å². The number of halogens is 2. The number of carbonyl (C=O) groups excluding carboxylic acids is 2. The van der Waals surface area contributed by atoms with Crippen LogP contribution in [0.25, 0.3) is 0 Å². The summed E-state index contributed by atoms with van der Waals surface area (Å²) >= 11 is 12.7. The molecular formula is C36H26Cl2N6O6. The van der Waals surface area contributed by atoms with Gasteiger partial charge in [0.15, 0.2) is 0 Å². The quantitative estimate of drug-likeness (QED) is 0.0635. The Labute approximate surface area is 295 Å². The number of hydrogen-bond acceptors (Lipinski definition) is 8. The van der Waals surface area contributed by atoms with Crippen molar-refractivity contribution in [2.75, 3.05) is 20.4 Å². The normalized spacial score (nSPS) is 19.7. The second kappa shape index (κ2) is 13.1. The van der Waals surface area contributed by atoms with E-state index in [1.54, 1.807) is 34.1 Å². The number of carbonyl (C=O) groups is 2. The van der Waals surface area contributed by atoms with Crippen molar-refractivity contribution in [2.45, 2.75) is 22.8 Å². The first kappa shape index (κ1) is 32.6. The molecule has 0 saturated carbocycles. The Morgan fingerprint density at radius 3 is 1.04 bits per heavy atom. The number of nitrogens with zero attached hydrogens (tertiary/aromatic N) is 4. The van der Waals surface area contributed by atoms with Crippen molar-refractivity contribution < 1.29 is 19.4 Å². The maximum Gasteiger partial charge on any atom is 0.269 e. The molecule has 12 nitrogen and oxygen atoms in total. The first-order valence-corrected chi connectivity index (χ1v) is 16.2. The van der Waals surface area contributed by atoms with Crippen LogP contribution in [0.4, 0.5) is 45.5 Å². The van der Waals surface area contributed by atoms with Crippen molar-refractivity contribution in [1.82, 2.24) is 0 Å². The number of alkyl halides is 2. The van der Waals surface area contributed by atoms with E-state index in [0.29, 0.717) is 22.5 Å². The maximum atomic E-state index is 12.7. The number of β-lactam (4-membered cyclic amide) rings is 2. The lowest BCUT2D eigenvalue weighted by molar-refractivity contribution is -0.385. The predicted octanol–water partition coefficient (Wildman–Crippen LogP) is 8.38. The second-order valence-corrected chi connectivity index (χ2v) is 12.7. The molecule has 0 aliphatic carbocycles. The first-order chi connectivity index (χ1) is 24.1. The van der Waals surface area contributed by atoms with Gasteiger partial charge in [-0.1, -0.05) is 24.3 Å². The number of amides is 2. The summed E-state index contributed by atoms with van der Waals surface area (Å²) in [4.78, 5) is 49.6. The van der Waals surface area contributed by atoms with Crippen LogP contribution in [-0.4, -0.2) is 32.4 Å². The lowest BCUT2D eigenvalue weighted by atomic mass is 9.92. The zero-order valence-electron chi connectivity index (χ0n) is 25.9. The van der Waals surface area contributed by atoms with E-state index in [-0.39, 0.29) is 23.2 Å². The molecule has 14 heteroatoms. The van der Waals surface area contributed by atoms with E-state index in [0.717, 1.165) is 22.7 Å². The van der Waals surface area contributed by atoms with Crippen LogP contribution in [0.2, 0.25) is 0 Å². The summed E-state index contributed by atoms with van der Waals surface area (Å²) in [7, 11) is 0. The van der Waals surface area contributed by atoms with Gasteiger partial charge in [-0.2, -0.15) is 0 Å². The summed E-state index contributed by atoms with van der Waals surface area (Å²) in [6, 6.07) is 33.6. The highest BCUT2D eigenvalue weighted by Crippen LogP contribution is 2.44. The fourth-order valence-corrected chi connectivity index (χ4v) is 6.81. The molecule has 4 atom stereocenters. The third-order valence-electron chi connectivity index (χ3n) is 8.70. The lowest BCUT2D eigenvalue weighted by Crippen LogP contribution is -2.56. The zero-order valence-corrected chi connectivity index (χ0v) is 27.4. The van der Waals surface area contributed by atoms with Gasteiger partial charge in [-0.25, -0.2) is 0 Å². The maximum absolute atomic E-state index is 12.7. The molecule has 0 aromatic heterocycles. The molecule has 2 heterocycles. The molecule has 50 heavy (non-hydrogen) atoms. The van der Waals surface area contributed by atoms with Crippen LogP contribution in [0.3, 0.4) is 0 Å². The van der Waals surface area contributed by atoms with E-state index in [2.05, 4.69) is 10.6 Å². The number of hydrogen-bond donors (Lipinski definition) is 2. The van der Waals surface area contributed by atoms with Gasteiger partial charge in [-0.3, -0.25) is 29.8 Å². The Kier molecular flexibility index (Phi) is 8.56. The molecule has 4 unspecified atom stereocenters. The SMILES string of the molecule is O=C1C(Cl)C(c2ccc([N+](=O)[O-])cc2)N1c1ccc(Nc2ccc(Nc3ccc(N4C(=O)C(Cl)C4c4ccc([N+](=O)[O-])cc4)cc3)cc2)cc1.